The normalized spacial score (nSPS) is 51.0. The minimum Gasteiger partial charge on any atom is -0.393 e. The zero-order valence-corrected chi connectivity index (χ0v) is 4.89. The molecule has 1 aliphatic carbocycles. The van der Waals surface area contributed by atoms with Crippen molar-refractivity contribution in [1.29, 1.82) is 0 Å². The summed E-state index contributed by atoms with van der Waals surface area (Å²) in [6.07, 6.45) is 1.21. The Morgan fingerprint density at radius 1 is 1.29 bits per heavy atom. The molecule has 1 saturated carbocycles. The Kier molecular flexibility index (Phi) is 1.08. The summed E-state index contributed by atoms with van der Waals surface area (Å²) in [5.41, 5.74) is 0. The van der Waals surface area contributed by atoms with Crippen LogP contribution in [0, 0.1) is 11.8 Å². The van der Waals surface area contributed by atoms with Crippen molar-refractivity contribution in [1.82, 2.24) is 0 Å². The van der Waals surface area contributed by atoms with Gasteiger partial charge in [0.25, 0.3) is 0 Å². The highest BCUT2D eigenvalue weighted by Gasteiger charge is 2.32. The lowest BCUT2D eigenvalue weighted by atomic mass is 9.74. The molecule has 0 amide bonds. The van der Waals surface area contributed by atoms with Gasteiger partial charge in [-0.25, -0.2) is 0 Å². The second-order valence-corrected chi connectivity index (χ2v) is 2.68. The largest absolute Gasteiger partial charge is 0.393 e. The van der Waals surface area contributed by atoms with Crippen LogP contribution in [-0.4, -0.2) is 11.2 Å². The molecule has 1 aliphatic rings. The summed E-state index contributed by atoms with van der Waals surface area (Å²) >= 11 is 0. The second-order valence-electron chi connectivity index (χ2n) is 2.68. The maximum absolute atomic E-state index is 8.98. The molecule has 1 N–H and O–H groups in total. The van der Waals surface area contributed by atoms with Crippen LogP contribution < -0.4 is 0 Å². The highest BCUT2D eigenvalue weighted by molar-refractivity contribution is 4.82. The molecule has 7 heavy (non-hydrogen) atoms. The van der Waals surface area contributed by atoms with E-state index in [2.05, 4.69) is 13.8 Å². The first-order chi connectivity index (χ1) is 3.22. The molecular weight excluding hydrogens is 88.1 g/mol. The van der Waals surface area contributed by atoms with Gasteiger partial charge in [-0.15, -0.1) is 0 Å². The molecule has 0 bridgehead atoms. The van der Waals surface area contributed by atoms with Gasteiger partial charge in [0, 0.05) is 0 Å². The van der Waals surface area contributed by atoms with Crippen LogP contribution in [0.5, 0.6) is 0 Å². The fourth-order valence-electron chi connectivity index (χ4n) is 1.23. The Bertz CT molecular complexity index is 62.6. The first-order valence-corrected chi connectivity index (χ1v) is 2.90. The van der Waals surface area contributed by atoms with Gasteiger partial charge in [0.2, 0.25) is 0 Å². The molecule has 42 valence electrons. The molecule has 1 heteroatoms. The van der Waals surface area contributed by atoms with Crippen molar-refractivity contribution in [2.75, 3.05) is 0 Å². The van der Waals surface area contributed by atoms with Crippen molar-refractivity contribution >= 4 is 0 Å². The smallest absolute Gasteiger partial charge is 0.0591 e. The summed E-state index contributed by atoms with van der Waals surface area (Å²) in [5.74, 6) is 1.13. The van der Waals surface area contributed by atoms with Crippen LogP contribution in [0.4, 0.5) is 0 Å². The highest BCUT2D eigenvalue weighted by atomic mass is 16.3. The van der Waals surface area contributed by atoms with Gasteiger partial charge in [-0.05, 0) is 18.3 Å². The molecule has 1 nitrogen and oxygen atoms in total. The summed E-state index contributed by atoms with van der Waals surface area (Å²) in [4.78, 5) is 0. The van der Waals surface area contributed by atoms with E-state index in [1.807, 2.05) is 0 Å². The molecule has 0 aliphatic heterocycles. The minimum absolute atomic E-state index is 0.000000000000000222. The zero-order chi connectivity index (χ0) is 5.44. The van der Waals surface area contributed by atoms with Gasteiger partial charge >= 0.3 is 0 Å². The first-order valence-electron chi connectivity index (χ1n) is 2.90. The molecular formula is C6H12O. The highest BCUT2D eigenvalue weighted by Crippen LogP contribution is 2.32. The van der Waals surface area contributed by atoms with Crippen LogP contribution in [0.1, 0.15) is 20.3 Å². The number of aliphatic hydroxyl groups is 1. The van der Waals surface area contributed by atoms with E-state index in [0.717, 1.165) is 0 Å². The van der Waals surface area contributed by atoms with Gasteiger partial charge in [-0.3, -0.25) is 0 Å². The van der Waals surface area contributed by atoms with Gasteiger partial charge in [-0.1, -0.05) is 13.8 Å². The lowest BCUT2D eigenvalue weighted by Gasteiger charge is -2.36. The molecule has 1 rings (SSSR count). The van der Waals surface area contributed by atoms with E-state index < -0.39 is 0 Å². The summed E-state index contributed by atoms with van der Waals surface area (Å²) < 4.78 is 0. The molecule has 0 aromatic rings. The summed E-state index contributed by atoms with van der Waals surface area (Å²) in [5, 5.41) is 8.98. The van der Waals surface area contributed by atoms with Crippen LogP contribution in [0.25, 0.3) is 0 Å². The third kappa shape index (κ3) is 0.653. The second kappa shape index (κ2) is 1.48. The summed E-state index contributed by atoms with van der Waals surface area (Å²) in [7, 11) is 0. The Morgan fingerprint density at radius 3 is 1.71 bits per heavy atom. The third-order valence-corrected chi connectivity index (χ3v) is 1.91. The number of hydrogen-bond acceptors (Lipinski definition) is 1. The van der Waals surface area contributed by atoms with Gasteiger partial charge in [-0.2, -0.15) is 0 Å². The standard InChI is InChI=1S/C6H12O/c1-4-3-5(2)6(4)7/h4-7H,3H2,1-2H3. The van der Waals surface area contributed by atoms with E-state index in [4.69, 9.17) is 5.11 Å². The van der Waals surface area contributed by atoms with Crippen molar-refractivity contribution in [3.8, 4) is 0 Å². The third-order valence-electron chi connectivity index (χ3n) is 1.91. The minimum atomic E-state index is -0.000000000000000222. The molecule has 0 heterocycles. The van der Waals surface area contributed by atoms with E-state index in [-0.39, 0.29) is 6.10 Å². The maximum atomic E-state index is 8.98. The summed E-state index contributed by atoms with van der Waals surface area (Å²) in [6.45, 7) is 4.18. The van der Waals surface area contributed by atoms with Crippen LogP contribution >= 0.6 is 0 Å². The molecule has 2 atom stereocenters. The molecule has 0 aromatic carbocycles. The molecule has 0 saturated heterocycles. The first kappa shape index (κ1) is 5.10. The van der Waals surface area contributed by atoms with Gasteiger partial charge < -0.3 is 5.11 Å². The van der Waals surface area contributed by atoms with Crippen LogP contribution in [0.2, 0.25) is 0 Å². The van der Waals surface area contributed by atoms with E-state index in [9.17, 15) is 0 Å². The van der Waals surface area contributed by atoms with E-state index >= 15 is 0 Å². The van der Waals surface area contributed by atoms with Crippen LogP contribution in [0.15, 0.2) is 0 Å². The zero-order valence-electron chi connectivity index (χ0n) is 4.89. The topological polar surface area (TPSA) is 20.2 Å². The van der Waals surface area contributed by atoms with E-state index in [0.29, 0.717) is 11.8 Å². The summed E-state index contributed by atoms with van der Waals surface area (Å²) in [6, 6.07) is 0. The van der Waals surface area contributed by atoms with Crippen molar-refractivity contribution in [2.24, 2.45) is 11.8 Å². The number of aliphatic hydroxyl groups excluding tert-OH is 1. The monoisotopic (exact) mass is 100 g/mol. The van der Waals surface area contributed by atoms with Gasteiger partial charge in [0.05, 0.1) is 6.10 Å². The molecule has 0 radical (unpaired) electrons. The van der Waals surface area contributed by atoms with E-state index in [1.165, 1.54) is 6.42 Å². The SMILES string of the molecule is CC1CC(C)C1O. The molecule has 0 aromatic heterocycles. The molecule has 1 fully saturated rings. The predicted octanol–water partition coefficient (Wildman–Crippen LogP) is 1.02. The van der Waals surface area contributed by atoms with Crippen molar-refractivity contribution in [3.63, 3.8) is 0 Å². The Morgan fingerprint density at radius 2 is 1.71 bits per heavy atom. The van der Waals surface area contributed by atoms with Crippen molar-refractivity contribution < 1.29 is 5.11 Å². The number of hydrogen-bond donors (Lipinski definition) is 1. The average molecular weight is 100 g/mol. The van der Waals surface area contributed by atoms with Gasteiger partial charge in [0.1, 0.15) is 0 Å². The Balaban J connectivity index is 2.29. The lowest BCUT2D eigenvalue weighted by Crippen LogP contribution is -2.37. The Labute approximate surface area is 44.4 Å². The van der Waals surface area contributed by atoms with E-state index in [1.54, 1.807) is 0 Å². The number of rotatable bonds is 0. The Hall–Kier alpha value is -0.0400. The average Bonchev–Trinajstić information content (AvgIpc) is 1.68. The molecule has 2 unspecified atom stereocenters. The van der Waals surface area contributed by atoms with Gasteiger partial charge in [0.15, 0.2) is 0 Å². The van der Waals surface area contributed by atoms with Crippen molar-refractivity contribution in [2.45, 2.75) is 26.4 Å². The van der Waals surface area contributed by atoms with Crippen molar-refractivity contribution in [3.05, 3.63) is 0 Å². The maximum Gasteiger partial charge on any atom is 0.0591 e. The fourth-order valence-corrected chi connectivity index (χ4v) is 1.23. The predicted molar refractivity (Wildman–Crippen MR) is 29.0 cm³/mol. The molecule has 0 spiro atoms. The van der Waals surface area contributed by atoms with Crippen LogP contribution in [0.3, 0.4) is 0 Å². The van der Waals surface area contributed by atoms with Crippen LogP contribution in [-0.2, 0) is 0 Å². The lowest BCUT2D eigenvalue weighted by molar-refractivity contribution is -0.0228. The quantitative estimate of drug-likeness (QED) is 0.482. The fraction of sp³-hybridized carbons (Fsp3) is 1.00.